The molecule has 2 aliphatic rings. The van der Waals surface area contributed by atoms with Crippen LogP contribution in [0.25, 0.3) is 0 Å². The predicted octanol–water partition coefficient (Wildman–Crippen LogP) is 1.60. The van der Waals surface area contributed by atoms with E-state index in [4.69, 9.17) is 5.73 Å². The topological polar surface area (TPSA) is 29.3 Å². The minimum atomic E-state index is 0.519. The SMILES string of the molecule is CC1CCCCN1CC1CC(N)C1. The molecule has 2 rings (SSSR count). The van der Waals surface area contributed by atoms with Crippen molar-refractivity contribution < 1.29 is 0 Å². The van der Waals surface area contributed by atoms with E-state index in [9.17, 15) is 0 Å². The van der Waals surface area contributed by atoms with E-state index in [1.54, 1.807) is 0 Å². The summed E-state index contributed by atoms with van der Waals surface area (Å²) in [6, 6.07) is 1.34. The zero-order chi connectivity index (χ0) is 9.26. The molecule has 2 fully saturated rings. The van der Waals surface area contributed by atoms with Crippen molar-refractivity contribution in [3.8, 4) is 0 Å². The Balaban J connectivity index is 1.73. The van der Waals surface area contributed by atoms with E-state index in [1.165, 1.54) is 45.2 Å². The third kappa shape index (κ3) is 2.23. The molecule has 13 heavy (non-hydrogen) atoms. The van der Waals surface area contributed by atoms with Gasteiger partial charge in [-0.15, -0.1) is 0 Å². The second-order valence-corrected chi connectivity index (χ2v) is 4.94. The van der Waals surface area contributed by atoms with Crippen molar-refractivity contribution in [1.29, 1.82) is 0 Å². The van der Waals surface area contributed by atoms with Gasteiger partial charge in [-0.05, 0) is 45.1 Å². The third-order valence-electron chi connectivity index (χ3n) is 3.71. The Kier molecular flexibility index (Phi) is 2.89. The molecule has 76 valence electrons. The fraction of sp³-hybridized carbons (Fsp3) is 1.00. The number of nitrogens with two attached hydrogens (primary N) is 1. The highest BCUT2D eigenvalue weighted by atomic mass is 15.2. The molecular formula is C11H22N2. The summed E-state index contributed by atoms with van der Waals surface area (Å²) in [6.45, 7) is 5.01. The number of hydrogen-bond acceptors (Lipinski definition) is 2. The number of rotatable bonds is 2. The molecule has 1 heterocycles. The maximum atomic E-state index is 5.79. The first-order valence-electron chi connectivity index (χ1n) is 5.75. The lowest BCUT2D eigenvalue weighted by molar-refractivity contribution is 0.101. The van der Waals surface area contributed by atoms with Crippen molar-refractivity contribution in [2.24, 2.45) is 11.7 Å². The third-order valence-corrected chi connectivity index (χ3v) is 3.71. The lowest BCUT2D eigenvalue weighted by Gasteiger charge is -2.40. The zero-order valence-electron chi connectivity index (χ0n) is 8.71. The molecule has 0 amide bonds. The molecule has 1 unspecified atom stereocenters. The summed E-state index contributed by atoms with van der Waals surface area (Å²) < 4.78 is 0. The van der Waals surface area contributed by atoms with Gasteiger partial charge < -0.3 is 10.6 Å². The van der Waals surface area contributed by atoms with E-state index in [1.807, 2.05) is 0 Å². The maximum Gasteiger partial charge on any atom is 0.00670 e. The molecule has 0 aromatic rings. The highest BCUT2D eigenvalue weighted by Crippen LogP contribution is 2.28. The molecule has 0 bridgehead atoms. The van der Waals surface area contributed by atoms with E-state index in [0.29, 0.717) is 6.04 Å². The summed E-state index contributed by atoms with van der Waals surface area (Å²) in [5.41, 5.74) is 5.79. The molecule has 1 saturated heterocycles. The number of piperidine rings is 1. The molecule has 0 aromatic carbocycles. The van der Waals surface area contributed by atoms with Crippen LogP contribution in [-0.2, 0) is 0 Å². The molecule has 1 atom stereocenters. The van der Waals surface area contributed by atoms with Gasteiger partial charge in [0.25, 0.3) is 0 Å². The van der Waals surface area contributed by atoms with Crippen LogP contribution in [0.4, 0.5) is 0 Å². The smallest absolute Gasteiger partial charge is 0.00670 e. The Hall–Kier alpha value is -0.0800. The van der Waals surface area contributed by atoms with Gasteiger partial charge in [0.1, 0.15) is 0 Å². The van der Waals surface area contributed by atoms with Crippen LogP contribution < -0.4 is 5.73 Å². The van der Waals surface area contributed by atoms with Gasteiger partial charge >= 0.3 is 0 Å². The van der Waals surface area contributed by atoms with Crippen LogP contribution >= 0.6 is 0 Å². The van der Waals surface area contributed by atoms with E-state index in [2.05, 4.69) is 11.8 Å². The molecule has 1 aliphatic carbocycles. The average Bonchev–Trinajstić information content (AvgIpc) is 2.06. The van der Waals surface area contributed by atoms with Gasteiger partial charge in [-0.25, -0.2) is 0 Å². The molecule has 0 spiro atoms. The number of nitrogens with zero attached hydrogens (tertiary/aromatic N) is 1. The van der Waals surface area contributed by atoms with Gasteiger partial charge in [-0.1, -0.05) is 6.42 Å². The zero-order valence-corrected chi connectivity index (χ0v) is 8.71. The highest BCUT2D eigenvalue weighted by molar-refractivity contribution is 4.86. The van der Waals surface area contributed by atoms with Crippen molar-refractivity contribution in [3.05, 3.63) is 0 Å². The van der Waals surface area contributed by atoms with Gasteiger partial charge in [0.15, 0.2) is 0 Å². The predicted molar refractivity (Wildman–Crippen MR) is 55.6 cm³/mol. The molecule has 0 radical (unpaired) electrons. The number of likely N-dealkylation sites (tertiary alicyclic amines) is 1. The second-order valence-electron chi connectivity index (χ2n) is 4.94. The first kappa shape index (κ1) is 9.47. The quantitative estimate of drug-likeness (QED) is 0.703. The van der Waals surface area contributed by atoms with Gasteiger partial charge in [-0.3, -0.25) is 0 Å². The van der Waals surface area contributed by atoms with Crippen LogP contribution in [0, 0.1) is 5.92 Å². The molecule has 1 saturated carbocycles. The standard InChI is InChI=1S/C11H22N2/c1-9-4-2-3-5-13(9)8-10-6-11(12)7-10/h9-11H,2-8,12H2,1H3. The van der Waals surface area contributed by atoms with Crippen molar-refractivity contribution in [2.45, 2.75) is 51.1 Å². The monoisotopic (exact) mass is 182 g/mol. The Morgan fingerprint density at radius 3 is 2.69 bits per heavy atom. The van der Waals surface area contributed by atoms with Gasteiger partial charge in [0.2, 0.25) is 0 Å². The van der Waals surface area contributed by atoms with Crippen LogP contribution in [0.2, 0.25) is 0 Å². The normalized spacial score (nSPS) is 41.5. The Bertz CT molecular complexity index is 163. The highest BCUT2D eigenvalue weighted by Gasteiger charge is 2.29. The van der Waals surface area contributed by atoms with Gasteiger partial charge in [0, 0.05) is 18.6 Å². The Labute approximate surface area is 81.5 Å². The fourth-order valence-electron chi connectivity index (χ4n) is 2.70. The minimum Gasteiger partial charge on any atom is -0.328 e. The van der Waals surface area contributed by atoms with Gasteiger partial charge in [-0.2, -0.15) is 0 Å². The summed E-state index contributed by atoms with van der Waals surface area (Å²) in [7, 11) is 0. The maximum absolute atomic E-state index is 5.79. The molecule has 2 nitrogen and oxygen atoms in total. The fourth-order valence-corrected chi connectivity index (χ4v) is 2.70. The van der Waals surface area contributed by atoms with Crippen molar-refractivity contribution in [3.63, 3.8) is 0 Å². The van der Waals surface area contributed by atoms with Crippen LogP contribution in [-0.4, -0.2) is 30.1 Å². The van der Waals surface area contributed by atoms with Crippen LogP contribution in [0.15, 0.2) is 0 Å². The lowest BCUT2D eigenvalue weighted by Crippen LogP contribution is -2.46. The average molecular weight is 182 g/mol. The summed E-state index contributed by atoms with van der Waals surface area (Å²) in [5.74, 6) is 0.913. The number of hydrogen-bond donors (Lipinski definition) is 1. The second kappa shape index (κ2) is 3.97. The summed E-state index contributed by atoms with van der Waals surface area (Å²) in [5, 5.41) is 0. The first-order valence-corrected chi connectivity index (χ1v) is 5.75. The summed E-state index contributed by atoms with van der Waals surface area (Å²) in [4.78, 5) is 2.67. The van der Waals surface area contributed by atoms with Gasteiger partial charge in [0.05, 0.1) is 0 Å². The Morgan fingerprint density at radius 1 is 1.31 bits per heavy atom. The van der Waals surface area contributed by atoms with Crippen LogP contribution in [0.3, 0.4) is 0 Å². The van der Waals surface area contributed by atoms with E-state index in [0.717, 1.165) is 12.0 Å². The van der Waals surface area contributed by atoms with E-state index < -0.39 is 0 Å². The first-order chi connectivity index (χ1) is 6.25. The lowest BCUT2D eigenvalue weighted by atomic mass is 9.80. The minimum absolute atomic E-state index is 0.519. The molecule has 2 N–H and O–H groups in total. The van der Waals surface area contributed by atoms with Crippen LogP contribution in [0.5, 0.6) is 0 Å². The molecular weight excluding hydrogens is 160 g/mol. The van der Waals surface area contributed by atoms with Crippen molar-refractivity contribution >= 4 is 0 Å². The molecule has 1 aliphatic heterocycles. The summed E-state index contributed by atoms with van der Waals surface area (Å²) in [6.07, 6.45) is 6.77. The largest absolute Gasteiger partial charge is 0.328 e. The van der Waals surface area contributed by atoms with Crippen molar-refractivity contribution in [2.75, 3.05) is 13.1 Å². The molecule has 2 heteroatoms. The Morgan fingerprint density at radius 2 is 2.08 bits per heavy atom. The van der Waals surface area contributed by atoms with Crippen LogP contribution in [0.1, 0.15) is 39.0 Å². The van der Waals surface area contributed by atoms with E-state index in [-0.39, 0.29) is 0 Å². The summed E-state index contributed by atoms with van der Waals surface area (Å²) >= 11 is 0. The van der Waals surface area contributed by atoms with E-state index >= 15 is 0 Å². The van der Waals surface area contributed by atoms with Crippen molar-refractivity contribution in [1.82, 2.24) is 4.90 Å². The molecule has 0 aromatic heterocycles.